The van der Waals surface area contributed by atoms with Crippen molar-refractivity contribution in [1.29, 1.82) is 0 Å². The van der Waals surface area contributed by atoms with Crippen LogP contribution in [-0.2, 0) is 0 Å². The second kappa shape index (κ2) is 8.20. The number of hydrogen-bond acceptors (Lipinski definition) is 1. The standard InChI is InChI=1S/C31H25N3/c1-3-12-28-22(2)33-29-17-10-11-18-30(29)34(31(33)32-28)27-20-25(23-13-6-4-7-14-23)19-26(21-27)24-15-8-5-9-16-24/h3-21H,1-2H3. The van der Waals surface area contributed by atoms with Crippen LogP contribution in [0.1, 0.15) is 18.3 Å². The number of nitrogens with zero attached hydrogens (tertiary/aromatic N) is 3. The first kappa shape index (κ1) is 20.3. The first-order valence-electron chi connectivity index (χ1n) is 11.6. The monoisotopic (exact) mass is 439 g/mol. The second-order valence-electron chi connectivity index (χ2n) is 8.54. The third kappa shape index (κ3) is 3.25. The van der Waals surface area contributed by atoms with Gasteiger partial charge in [-0.05, 0) is 72.5 Å². The molecule has 0 atom stereocenters. The highest BCUT2D eigenvalue weighted by molar-refractivity contribution is 5.86. The van der Waals surface area contributed by atoms with Crippen molar-refractivity contribution in [2.75, 3.05) is 0 Å². The maximum absolute atomic E-state index is 5.06. The van der Waals surface area contributed by atoms with Crippen molar-refractivity contribution in [2.45, 2.75) is 13.8 Å². The van der Waals surface area contributed by atoms with Crippen molar-refractivity contribution >= 4 is 22.9 Å². The molecule has 34 heavy (non-hydrogen) atoms. The van der Waals surface area contributed by atoms with Crippen molar-refractivity contribution in [3.63, 3.8) is 0 Å². The zero-order valence-corrected chi connectivity index (χ0v) is 19.3. The van der Waals surface area contributed by atoms with Gasteiger partial charge in [0.05, 0.1) is 22.4 Å². The molecule has 164 valence electrons. The fourth-order valence-electron chi connectivity index (χ4n) is 4.80. The van der Waals surface area contributed by atoms with Crippen molar-refractivity contribution in [3.8, 4) is 27.9 Å². The highest BCUT2D eigenvalue weighted by atomic mass is 15.2. The predicted octanol–water partition coefficient (Wildman–Crippen LogP) is 7.95. The summed E-state index contributed by atoms with van der Waals surface area (Å²) in [5, 5.41) is 0. The Hall–Kier alpha value is -4.37. The van der Waals surface area contributed by atoms with E-state index in [0.29, 0.717) is 0 Å². The maximum atomic E-state index is 5.06. The summed E-state index contributed by atoms with van der Waals surface area (Å²) >= 11 is 0. The minimum absolute atomic E-state index is 0.927. The highest BCUT2D eigenvalue weighted by Crippen LogP contribution is 2.34. The molecule has 0 saturated heterocycles. The second-order valence-corrected chi connectivity index (χ2v) is 8.54. The fourth-order valence-corrected chi connectivity index (χ4v) is 4.80. The Morgan fingerprint density at radius 2 is 1.21 bits per heavy atom. The van der Waals surface area contributed by atoms with Crippen LogP contribution in [0.5, 0.6) is 0 Å². The van der Waals surface area contributed by atoms with E-state index in [1.165, 1.54) is 22.3 Å². The molecule has 0 aliphatic rings. The van der Waals surface area contributed by atoms with E-state index in [1.54, 1.807) is 0 Å². The molecule has 0 aliphatic heterocycles. The molecule has 0 unspecified atom stereocenters. The molecule has 0 fully saturated rings. The fraction of sp³-hybridized carbons (Fsp3) is 0.0645. The number of aryl methyl sites for hydroxylation is 1. The SMILES string of the molecule is CC=Cc1nc2n(-c3cc(-c4ccccc4)cc(-c4ccccc4)c3)c3ccccc3n2c1C. The van der Waals surface area contributed by atoms with Crippen LogP contribution in [0.25, 0.3) is 50.8 Å². The molecular weight excluding hydrogens is 414 g/mol. The van der Waals surface area contributed by atoms with Gasteiger partial charge in [-0.2, -0.15) is 0 Å². The molecule has 0 bridgehead atoms. The van der Waals surface area contributed by atoms with Crippen molar-refractivity contribution in [1.82, 2.24) is 14.0 Å². The first-order chi connectivity index (χ1) is 16.7. The molecule has 3 nitrogen and oxygen atoms in total. The average Bonchev–Trinajstić information content (AvgIpc) is 3.39. The molecule has 0 saturated carbocycles. The molecule has 0 N–H and O–H groups in total. The maximum Gasteiger partial charge on any atom is 0.220 e. The van der Waals surface area contributed by atoms with Crippen LogP contribution in [0, 0.1) is 6.92 Å². The highest BCUT2D eigenvalue weighted by Gasteiger charge is 2.18. The molecule has 6 aromatic rings. The molecule has 2 aromatic heterocycles. The Labute approximate surface area is 199 Å². The summed E-state index contributed by atoms with van der Waals surface area (Å²) in [5.74, 6) is 0.927. The van der Waals surface area contributed by atoms with E-state index in [2.05, 4.69) is 125 Å². The number of fused-ring (bicyclic) bond motifs is 3. The van der Waals surface area contributed by atoms with Crippen LogP contribution < -0.4 is 0 Å². The molecule has 6 rings (SSSR count). The van der Waals surface area contributed by atoms with E-state index in [1.807, 2.05) is 13.0 Å². The lowest BCUT2D eigenvalue weighted by Gasteiger charge is -2.13. The zero-order valence-electron chi connectivity index (χ0n) is 19.3. The Balaban J connectivity index is 1.70. The van der Waals surface area contributed by atoms with Gasteiger partial charge in [0, 0.05) is 5.69 Å². The molecule has 3 heteroatoms. The van der Waals surface area contributed by atoms with Crippen LogP contribution in [0.15, 0.2) is 109 Å². The summed E-state index contributed by atoms with van der Waals surface area (Å²) in [4.78, 5) is 5.06. The number of hydrogen-bond donors (Lipinski definition) is 0. The van der Waals surface area contributed by atoms with Crippen molar-refractivity contribution < 1.29 is 0 Å². The molecule has 0 amide bonds. The van der Waals surface area contributed by atoms with Gasteiger partial charge in [0.15, 0.2) is 0 Å². The molecule has 2 heterocycles. The Kier molecular flexibility index (Phi) is 4.88. The van der Waals surface area contributed by atoms with Gasteiger partial charge in [-0.25, -0.2) is 4.98 Å². The van der Waals surface area contributed by atoms with E-state index in [4.69, 9.17) is 4.98 Å². The minimum atomic E-state index is 0.927. The van der Waals surface area contributed by atoms with E-state index in [9.17, 15) is 0 Å². The minimum Gasteiger partial charge on any atom is -0.280 e. The summed E-state index contributed by atoms with van der Waals surface area (Å²) in [6.45, 7) is 4.17. The van der Waals surface area contributed by atoms with Crippen LogP contribution in [0.3, 0.4) is 0 Å². The number of aromatic nitrogens is 3. The lowest BCUT2D eigenvalue weighted by Crippen LogP contribution is -1.97. The lowest BCUT2D eigenvalue weighted by molar-refractivity contribution is 1.09. The van der Waals surface area contributed by atoms with Gasteiger partial charge in [0.2, 0.25) is 5.78 Å². The van der Waals surface area contributed by atoms with Gasteiger partial charge in [-0.3, -0.25) is 8.97 Å². The first-order valence-corrected chi connectivity index (χ1v) is 11.6. The molecule has 0 radical (unpaired) electrons. The molecule has 0 aliphatic carbocycles. The number of imidazole rings is 2. The number of benzene rings is 4. The molecular formula is C31H25N3. The van der Waals surface area contributed by atoms with E-state index in [0.717, 1.165) is 33.9 Å². The summed E-state index contributed by atoms with van der Waals surface area (Å²) < 4.78 is 4.55. The smallest absolute Gasteiger partial charge is 0.220 e. The third-order valence-electron chi connectivity index (χ3n) is 6.40. The van der Waals surface area contributed by atoms with Gasteiger partial charge in [0.25, 0.3) is 0 Å². The third-order valence-corrected chi connectivity index (χ3v) is 6.40. The number of allylic oxidation sites excluding steroid dienone is 1. The Bertz CT molecular complexity index is 1590. The summed E-state index contributed by atoms with van der Waals surface area (Å²) in [5.41, 5.74) is 10.3. The van der Waals surface area contributed by atoms with Crippen LogP contribution in [0.2, 0.25) is 0 Å². The van der Waals surface area contributed by atoms with Crippen molar-refractivity contribution in [2.24, 2.45) is 0 Å². The van der Waals surface area contributed by atoms with Gasteiger partial charge in [-0.1, -0.05) is 78.9 Å². The quantitative estimate of drug-likeness (QED) is 0.273. The number of rotatable bonds is 4. The largest absolute Gasteiger partial charge is 0.280 e. The topological polar surface area (TPSA) is 22.2 Å². The Morgan fingerprint density at radius 1 is 0.647 bits per heavy atom. The Morgan fingerprint density at radius 3 is 1.79 bits per heavy atom. The summed E-state index contributed by atoms with van der Waals surface area (Å²) in [6, 6.07) is 36.5. The van der Waals surface area contributed by atoms with Crippen LogP contribution in [-0.4, -0.2) is 14.0 Å². The van der Waals surface area contributed by atoms with E-state index < -0.39 is 0 Å². The predicted molar refractivity (Wildman–Crippen MR) is 142 cm³/mol. The van der Waals surface area contributed by atoms with E-state index >= 15 is 0 Å². The van der Waals surface area contributed by atoms with E-state index in [-0.39, 0.29) is 0 Å². The molecule has 4 aromatic carbocycles. The van der Waals surface area contributed by atoms with Crippen molar-refractivity contribution in [3.05, 3.63) is 121 Å². The summed E-state index contributed by atoms with van der Waals surface area (Å²) in [6.07, 6.45) is 4.13. The zero-order chi connectivity index (χ0) is 23.1. The lowest BCUT2D eigenvalue weighted by atomic mass is 9.98. The van der Waals surface area contributed by atoms with Crippen LogP contribution in [0.4, 0.5) is 0 Å². The van der Waals surface area contributed by atoms with Gasteiger partial charge in [-0.15, -0.1) is 0 Å². The van der Waals surface area contributed by atoms with Gasteiger partial charge >= 0.3 is 0 Å². The summed E-state index contributed by atoms with van der Waals surface area (Å²) in [7, 11) is 0. The normalized spacial score (nSPS) is 11.7. The van der Waals surface area contributed by atoms with Crippen LogP contribution >= 0.6 is 0 Å². The van der Waals surface area contributed by atoms with Gasteiger partial charge < -0.3 is 0 Å². The number of para-hydroxylation sites is 2. The van der Waals surface area contributed by atoms with Gasteiger partial charge in [0.1, 0.15) is 0 Å². The molecule has 0 spiro atoms. The average molecular weight is 440 g/mol.